The van der Waals surface area contributed by atoms with Gasteiger partial charge in [-0.25, -0.2) is 0 Å². The van der Waals surface area contributed by atoms with Crippen molar-refractivity contribution in [3.05, 3.63) is 113 Å². The number of fused-ring (bicyclic) bond motifs is 4. The maximum Gasteiger partial charge on any atom is 0.0456 e. The summed E-state index contributed by atoms with van der Waals surface area (Å²) in [5.74, 6) is 0. The van der Waals surface area contributed by atoms with Gasteiger partial charge >= 0.3 is 0 Å². The molecule has 1 nitrogen and oxygen atoms in total. The number of anilines is 1. The first-order chi connectivity index (χ1) is 18.2. The van der Waals surface area contributed by atoms with E-state index >= 15 is 0 Å². The van der Waals surface area contributed by atoms with E-state index < -0.39 is 0 Å². The summed E-state index contributed by atoms with van der Waals surface area (Å²) in [6.45, 7) is 19.2. The van der Waals surface area contributed by atoms with Crippen molar-refractivity contribution in [3.8, 4) is 0 Å². The summed E-state index contributed by atoms with van der Waals surface area (Å²) in [7, 11) is 0. The van der Waals surface area contributed by atoms with Crippen LogP contribution in [0.5, 0.6) is 0 Å². The van der Waals surface area contributed by atoms with E-state index in [0.717, 1.165) is 13.0 Å². The van der Waals surface area contributed by atoms with E-state index in [4.69, 9.17) is 0 Å². The number of hydrogen-bond donors (Lipinski definition) is 0. The molecule has 1 heteroatoms. The summed E-state index contributed by atoms with van der Waals surface area (Å²) in [5, 5.41) is 5.39. The van der Waals surface area contributed by atoms with Gasteiger partial charge in [-0.05, 0) is 76.1 Å². The van der Waals surface area contributed by atoms with Crippen molar-refractivity contribution >= 4 is 27.2 Å². The third kappa shape index (κ3) is 5.04. The van der Waals surface area contributed by atoms with Crippen molar-refractivity contribution in [1.82, 2.24) is 0 Å². The quantitative estimate of drug-likeness (QED) is 0.262. The highest BCUT2D eigenvalue weighted by Crippen LogP contribution is 2.50. The van der Waals surface area contributed by atoms with Gasteiger partial charge in [0.25, 0.3) is 0 Å². The summed E-state index contributed by atoms with van der Waals surface area (Å²) in [5.41, 5.74) is 7.01. The van der Waals surface area contributed by atoms with E-state index in [1.807, 2.05) is 0 Å². The Hall–Kier alpha value is -3.32. The Labute approximate surface area is 230 Å². The minimum absolute atomic E-state index is 0.0434. The zero-order chi connectivity index (χ0) is 27.5. The van der Waals surface area contributed by atoms with Crippen molar-refractivity contribution in [2.75, 3.05) is 11.4 Å². The van der Waals surface area contributed by atoms with Gasteiger partial charge in [0.05, 0.1) is 0 Å². The first kappa shape index (κ1) is 27.7. The molecule has 0 amide bonds. The molecule has 1 heterocycles. The molecule has 0 saturated carbocycles. The topological polar surface area (TPSA) is 3.24 Å². The van der Waals surface area contributed by atoms with Gasteiger partial charge in [-0.3, -0.25) is 0 Å². The monoisotopic (exact) mass is 503 g/mol. The summed E-state index contributed by atoms with van der Waals surface area (Å²) in [4.78, 5) is 2.49. The lowest BCUT2D eigenvalue weighted by molar-refractivity contribution is 0.535. The van der Waals surface area contributed by atoms with Gasteiger partial charge < -0.3 is 4.90 Å². The van der Waals surface area contributed by atoms with E-state index in [9.17, 15) is 0 Å². The van der Waals surface area contributed by atoms with E-state index in [1.165, 1.54) is 56.0 Å². The van der Waals surface area contributed by atoms with Gasteiger partial charge in [0, 0.05) is 23.3 Å². The van der Waals surface area contributed by atoms with Crippen LogP contribution >= 0.6 is 0 Å². The second-order valence-corrected chi connectivity index (χ2v) is 11.8. The Kier molecular flexibility index (Phi) is 8.16. The number of likely N-dealkylation sites (N-methyl/N-ethyl adjacent to an activating group) is 1. The van der Waals surface area contributed by atoms with Crippen molar-refractivity contribution in [3.63, 3.8) is 0 Å². The van der Waals surface area contributed by atoms with Crippen LogP contribution in [0.3, 0.4) is 0 Å². The molecule has 0 atom stereocenters. The molecule has 4 aromatic carbocycles. The zero-order valence-electron chi connectivity index (χ0n) is 24.7. The molecule has 38 heavy (non-hydrogen) atoms. The van der Waals surface area contributed by atoms with Crippen molar-refractivity contribution in [2.24, 2.45) is 0 Å². The molecule has 0 saturated heterocycles. The van der Waals surface area contributed by atoms with E-state index in [2.05, 4.69) is 151 Å². The van der Waals surface area contributed by atoms with E-state index in [1.54, 1.807) is 0 Å². The molecule has 0 unspecified atom stereocenters. The SMILES string of the molecule is CCC.CCN1/C(=C/C=C/CC(C)(C)c2c(C)ccc3ccccc23)C(C)(C)c2c1ccc1ccccc21. The fourth-order valence-corrected chi connectivity index (χ4v) is 6.28. The lowest BCUT2D eigenvalue weighted by atomic mass is 9.76. The van der Waals surface area contributed by atoms with Gasteiger partial charge in [-0.15, -0.1) is 0 Å². The second-order valence-electron chi connectivity index (χ2n) is 11.8. The molecule has 0 radical (unpaired) electrons. The highest BCUT2D eigenvalue weighted by atomic mass is 15.2. The predicted molar refractivity (Wildman–Crippen MR) is 170 cm³/mol. The lowest BCUT2D eigenvalue weighted by Gasteiger charge is -2.28. The summed E-state index contributed by atoms with van der Waals surface area (Å²) < 4.78 is 0. The number of rotatable bonds is 5. The Morgan fingerprint density at radius 3 is 2.03 bits per heavy atom. The van der Waals surface area contributed by atoms with Gasteiger partial charge in [0.1, 0.15) is 0 Å². The predicted octanol–water partition coefficient (Wildman–Crippen LogP) is 10.6. The maximum absolute atomic E-state index is 2.49. The number of hydrogen-bond acceptors (Lipinski definition) is 1. The molecule has 1 aliphatic rings. The molecule has 0 bridgehead atoms. The maximum atomic E-state index is 2.49. The fourth-order valence-electron chi connectivity index (χ4n) is 6.28. The smallest absolute Gasteiger partial charge is 0.0456 e. The average Bonchev–Trinajstić information content (AvgIpc) is 3.12. The van der Waals surface area contributed by atoms with Crippen LogP contribution in [0, 0.1) is 6.92 Å². The van der Waals surface area contributed by atoms with Gasteiger partial charge in [-0.2, -0.15) is 0 Å². The molecule has 0 spiro atoms. The Morgan fingerprint density at radius 2 is 1.37 bits per heavy atom. The van der Waals surface area contributed by atoms with Crippen molar-refractivity contribution < 1.29 is 0 Å². The second kappa shape index (κ2) is 11.2. The third-order valence-corrected chi connectivity index (χ3v) is 7.90. The van der Waals surface area contributed by atoms with E-state index in [0.29, 0.717) is 0 Å². The lowest BCUT2D eigenvalue weighted by Crippen LogP contribution is -2.25. The van der Waals surface area contributed by atoms with Crippen LogP contribution in [0.2, 0.25) is 0 Å². The Balaban J connectivity index is 0.00000107. The van der Waals surface area contributed by atoms with E-state index in [-0.39, 0.29) is 10.8 Å². The highest BCUT2D eigenvalue weighted by molar-refractivity contribution is 5.95. The van der Waals surface area contributed by atoms with Crippen LogP contribution in [-0.4, -0.2) is 6.54 Å². The zero-order valence-corrected chi connectivity index (χ0v) is 24.7. The molecule has 1 aliphatic heterocycles. The third-order valence-electron chi connectivity index (χ3n) is 7.90. The number of aryl methyl sites for hydroxylation is 1. The van der Waals surface area contributed by atoms with Gasteiger partial charge in [-0.1, -0.05) is 127 Å². The van der Waals surface area contributed by atoms with Gasteiger partial charge in [0.2, 0.25) is 0 Å². The van der Waals surface area contributed by atoms with Crippen LogP contribution in [0.1, 0.15) is 78.0 Å². The molecular weight excluding hydrogens is 458 g/mol. The Morgan fingerprint density at radius 1 is 0.789 bits per heavy atom. The molecule has 198 valence electrons. The van der Waals surface area contributed by atoms with Gasteiger partial charge in [0.15, 0.2) is 0 Å². The first-order valence-electron chi connectivity index (χ1n) is 14.3. The molecule has 4 aromatic rings. The first-order valence-corrected chi connectivity index (χ1v) is 14.3. The Bertz CT molecular complexity index is 1480. The highest BCUT2D eigenvalue weighted by Gasteiger charge is 2.40. The standard InChI is InChI=1S/C34H37N.C3H8/c1-7-35-29-22-21-26-15-9-11-17-28(26)32(29)34(5,6)30(35)18-12-13-23-33(3,4)31-24(2)19-20-25-14-8-10-16-27(25)31;1-3-2/h8-22H,7,23H2,1-6H3;3H2,1-2H3/b13-12+,30-18+;. The molecule has 5 rings (SSSR count). The summed E-state index contributed by atoms with van der Waals surface area (Å²) in [6, 6.07) is 26.7. The fraction of sp³-hybridized carbons (Fsp3) is 0.351. The minimum Gasteiger partial charge on any atom is -0.344 e. The summed E-state index contributed by atoms with van der Waals surface area (Å²) in [6.07, 6.45) is 9.24. The van der Waals surface area contributed by atoms with Crippen LogP contribution < -0.4 is 4.90 Å². The number of nitrogens with zero attached hydrogens (tertiary/aromatic N) is 1. The molecule has 0 aromatic heterocycles. The van der Waals surface area contributed by atoms with Crippen molar-refractivity contribution in [2.45, 2.75) is 79.1 Å². The van der Waals surface area contributed by atoms with Crippen LogP contribution in [0.4, 0.5) is 5.69 Å². The molecule has 0 aliphatic carbocycles. The molecule has 0 fully saturated rings. The molecular formula is C37H45N. The van der Waals surface area contributed by atoms with Crippen LogP contribution in [-0.2, 0) is 10.8 Å². The van der Waals surface area contributed by atoms with Crippen molar-refractivity contribution in [1.29, 1.82) is 0 Å². The average molecular weight is 504 g/mol. The molecule has 0 N–H and O–H groups in total. The number of allylic oxidation sites excluding steroid dienone is 4. The minimum atomic E-state index is -0.0434. The summed E-state index contributed by atoms with van der Waals surface area (Å²) >= 11 is 0. The normalized spacial score (nSPS) is 15.8. The largest absolute Gasteiger partial charge is 0.344 e. The van der Waals surface area contributed by atoms with Crippen LogP contribution in [0.25, 0.3) is 21.5 Å². The number of benzene rings is 4. The van der Waals surface area contributed by atoms with Crippen LogP contribution in [0.15, 0.2) is 96.7 Å².